The third-order valence-electron chi connectivity index (χ3n) is 4.70. The highest BCUT2D eigenvalue weighted by Gasteiger charge is 2.18. The molecule has 0 unspecified atom stereocenters. The summed E-state index contributed by atoms with van der Waals surface area (Å²) in [4.78, 5) is 4.39. The van der Waals surface area contributed by atoms with Crippen LogP contribution in [0.3, 0.4) is 0 Å². The Morgan fingerprint density at radius 2 is 1.81 bits per heavy atom. The second-order valence-electron chi connectivity index (χ2n) is 6.90. The van der Waals surface area contributed by atoms with Gasteiger partial charge in [-0.25, -0.2) is 0 Å². The van der Waals surface area contributed by atoms with E-state index in [-0.39, 0.29) is 6.61 Å². The Hall–Kier alpha value is -3.85. The molecule has 0 aliphatic carbocycles. The number of hydrogen-bond donors (Lipinski definition) is 0. The van der Waals surface area contributed by atoms with E-state index in [9.17, 15) is 0 Å². The van der Waals surface area contributed by atoms with Gasteiger partial charge in [0.15, 0.2) is 16.7 Å². The molecule has 5 rings (SSSR count). The highest BCUT2D eigenvalue weighted by atomic mass is 32.2. The van der Waals surface area contributed by atoms with Crippen LogP contribution < -0.4 is 4.74 Å². The molecule has 0 amide bonds. The average Bonchev–Trinajstić information content (AvgIpc) is 3.58. The van der Waals surface area contributed by atoms with Crippen molar-refractivity contribution in [2.75, 3.05) is 0 Å². The van der Waals surface area contributed by atoms with Crippen LogP contribution in [-0.4, -0.2) is 24.9 Å². The number of nitrogens with zero attached hydrogens (tertiary/aromatic N) is 5. The third kappa shape index (κ3) is 4.28. The van der Waals surface area contributed by atoms with E-state index in [1.54, 1.807) is 18.4 Å². The van der Waals surface area contributed by atoms with Gasteiger partial charge in [-0.1, -0.05) is 53.3 Å². The molecule has 8 nitrogen and oxygen atoms in total. The summed E-state index contributed by atoms with van der Waals surface area (Å²) in [6, 6.07) is 21.4. The van der Waals surface area contributed by atoms with Gasteiger partial charge in [-0.3, -0.25) is 4.57 Å². The lowest BCUT2D eigenvalue weighted by molar-refractivity contribution is 0.291. The number of thioether (sulfide) groups is 1. The predicted octanol–water partition coefficient (Wildman–Crippen LogP) is 5.09. The fourth-order valence-electron chi connectivity index (χ4n) is 3.13. The minimum absolute atomic E-state index is 0.288. The summed E-state index contributed by atoms with van der Waals surface area (Å²) in [6.07, 6.45) is 1.57. The molecule has 9 heteroatoms. The number of hydrogen-bond acceptors (Lipinski definition) is 8. The van der Waals surface area contributed by atoms with E-state index in [4.69, 9.17) is 13.7 Å². The normalized spacial score (nSPS) is 11.0. The fourth-order valence-corrected chi connectivity index (χ4v) is 3.94. The van der Waals surface area contributed by atoms with Crippen molar-refractivity contribution >= 4 is 11.8 Å². The van der Waals surface area contributed by atoms with Crippen LogP contribution in [0.4, 0.5) is 0 Å². The lowest BCUT2D eigenvalue weighted by atomic mass is 10.2. The van der Waals surface area contributed by atoms with E-state index in [1.807, 2.05) is 66.1 Å². The maximum Gasteiger partial charge on any atom is 0.238 e. The Balaban J connectivity index is 1.37. The molecule has 3 aromatic heterocycles. The minimum Gasteiger partial charge on any atom is -0.485 e. The molecule has 0 radical (unpaired) electrons. The summed E-state index contributed by atoms with van der Waals surface area (Å²) in [5.74, 6) is 3.42. The van der Waals surface area contributed by atoms with Gasteiger partial charge in [-0.2, -0.15) is 4.98 Å². The summed E-state index contributed by atoms with van der Waals surface area (Å²) < 4.78 is 18.7. The maximum absolute atomic E-state index is 6.02. The van der Waals surface area contributed by atoms with E-state index in [2.05, 4.69) is 20.3 Å². The highest BCUT2D eigenvalue weighted by molar-refractivity contribution is 7.98. The molecule has 0 spiro atoms. The molecule has 0 N–H and O–H groups in total. The maximum atomic E-state index is 6.02. The van der Waals surface area contributed by atoms with Gasteiger partial charge in [0, 0.05) is 5.69 Å². The number of rotatable bonds is 8. The lowest BCUT2D eigenvalue weighted by Gasteiger charge is -2.11. The zero-order valence-corrected chi connectivity index (χ0v) is 18.0. The van der Waals surface area contributed by atoms with Crippen LogP contribution in [0.25, 0.3) is 17.3 Å². The molecule has 0 bridgehead atoms. The Morgan fingerprint density at radius 1 is 0.969 bits per heavy atom. The predicted molar refractivity (Wildman–Crippen MR) is 118 cm³/mol. The van der Waals surface area contributed by atoms with Gasteiger partial charge in [-0.05, 0) is 42.8 Å². The Labute approximate surface area is 188 Å². The first-order valence-electron chi connectivity index (χ1n) is 9.95. The van der Waals surface area contributed by atoms with Crippen LogP contribution in [0.5, 0.6) is 5.75 Å². The zero-order chi connectivity index (χ0) is 21.8. The lowest BCUT2D eigenvalue weighted by Crippen LogP contribution is -2.07. The molecule has 32 heavy (non-hydrogen) atoms. The molecule has 0 saturated heterocycles. The number of aryl methyl sites for hydroxylation is 1. The van der Waals surface area contributed by atoms with Crippen LogP contribution in [0.15, 0.2) is 87.1 Å². The number of benzene rings is 2. The molecule has 0 saturated carbocycles. The van der Waals surface area contributed by atoms with Gasteiger partial charge < -0.3 is 13.7 Å². The first kappa shape index (κ1) is 20.1. The minimum atomic E-state index is 0.288. The standard InChI is InChI=1S/C23H19N5O3S/c1-16-8-5-6-11-18(16)30-14-20-25-26-23(28(20)17-9-3-2-4-10-17)32-15-21-24-22(27-31-21)19-12-7-13-29-19/h2-13H,14-15H2,1H3. The van der Waals surface area contributed by atoms with Crippen molar-refractivity contribution in [2.45, 2.75) is 24.4 Å². The molecule has 5 aromatic rings. The summed E-state index contributed by atoms with van der Waals surface area (Å²) >= 11 is 1.46. The van der Waals surface area contributed by atoms with Gasteiger partial charge in [0.1, 0.15) is 12.4 Å². The number of aromatic nitrogens is 5. The first-order chi connectivity index (χ1) is 15.8. The third-order valence-corrected chi connectivity index (χ3v) is 5.61. The van der Waals surface area contributed by atoms with Crippen LogP contribution in [0, 0.1) is 6.92 Å². The number of para-hydroxylation sites is 2. The molecule has 0 aliphatic heterocycles. The molecule has 160 valence electrons. The van der Waals surface area contributed by atoms with E-state index in [0.29, 0.717) is 34.2 Å². The van der Waals surface area contributed by atoms with Crippen LogP contribution in [0.2, 0.25) is 0 Å². The summed E-state index contributed by atoms with van der Waals surface area (Å²) in [5, 5.41) is 13.4. The summed E-state index contributed by atoms with van der Waals surface area (Å²) in [6.45, 7) is 2.30. The smallest absolute Gasteiger partial charge is 0.238 e. The van der Waals surface area contributed by atoms with Gasteiger partial charge in [-0.15, -0.1) is 10.2 Å². The molecular weight excluding hydrogens is 426 g/mol. The second kappa shape index (κ2) is 9.11. The zero-order valence-electron chi connectivity index (χ0n) is 17.2. The Bertz CT molecular complexity index is 1300. The van der Waals surface area contributed by atoms with Crippen molar-refractivity contribution in [3.63, 3.8) is 0 Å². The van der Waals surface area contributed by atoms with Crippen LogP contribution in [0.1, 0.15) is 17.3 Å². The van der Waals surface area contributed by atoms with Gasteiger partial charge in [0.25, 0.3) is 0 Å². The van der Waals surface area contributed by atoms with E-state index in [1.165, 1.54) is 11.8 Å². The van der Waals surface area contributed by atoms with E-state index >= 15 is 0 Å². The van der Waals surface area contributed by atoms with Crippen molar-refractivity contribution in [3.8, 4) is 23.0 Å². The molecule has 3 heterocycles. The SMILES string of the molecule is Cc1ccccc1OCc1nnc(SCc2nc(-c3ccco3)no2)n1-c1ccccc1. The quantitative estimate of drug-likeness (QED) is 0.305. The second-order valence-corrected chi connectivity index (χ2v) is 7.84. The number of ether oxygens (including phenoxy) is 1. The monoisotopic (exact) mass is 445 g/mol. The fraction of sp³-hybridized carbons (Fsp3) is 0.130. The van der Waals surface area contributed by atoms with Crippen molar-refractivity contribution in [1.29, 1.82) is 0 Å². The highest BCUT2D eigenvalue weighted by Crippen LogP contribution is 2.27. The summed E-state index contributed by atoms with van der Waals surface area (Å²) in [7, 11) is 0. The van der Waals surface area contributed by atoms with Crippen molar-refractivity contribution < 1.29 is 13.7 Å². The Morgan fingerprint density at radius 3 is 2.62 bits per heavy atom. The van der Waals surface area contributed by atoms with Crippen LogP contribution >= 0.6 is 11.8 Å². The van der Waals surface area contributed by atoms with Crippen molar-refractivity contribution in [3.05, 3.63) is 90.3 Å². The van der Waals surface area contributed by atoms with Gasteiger partial charge in [0.2, 0.25) is 11.7 Å². The molecule has 2 aromatic carbocycles. The first-order valence-corrected chi connectivity index (χ1v) is 10.9. The van der Waals surface area contributed by atoms with Gasteiger partial charge in [0.05, 0.1) is 12.0 Å². The molecular formula is C23H19N5O3S. The van der Waals surface area contributed by atoms with E-state index in [0.717, 1.165) is 17.0 Å². The van der Waals surface area contributed by atoms with Gasteiger partial charge >= 0.3 is 0 Å². The van der Waals surface area contributed by atoms with E-state index < -0.39 is 0 Å². The molecule has 0 aliphatic rings. The van der Waals surface area contributed by atoms with Crippen molar-refractivity contribution in [2.24, 2.45) is 0 Å². The number of furan rings is 1. The average molecular weight is 446 g/mol. The Kier molecular flexibility index (Phi) is 5.71. The van der Waals surface area contributed by atoms with Crippen LogP contribution in [-0.2, 0) is 12.4 Å². The topological polar surface area (TPSA) is 92.0 Å². The largest absolute Gasteiger partial charge is 0.485 e. The van der Waals surface area contributed by atoms with Crippen molar-refractivity contribution in [1.82, 2.24) is 24.9 Å². The molecule has 0 fully saturated rings. The molecule has 0 atom stereocenters. The summed E-state index contributed by atoms with van der Waals surface area (Å²) in [5.41, 5.74) is 2.02.